The van der Waals surface area contributed by atoms with Crippen molar-refractivity contribution in [2.45, 2.75) is 125 Å². The molecule has 38 heavy (non-hydrogen) atoms. The second kappa shape index (κ2) is 8.79. The van der Waals surface area contributed by atoms with Crippen molar-refractivity contribution in [1.82, 2.24) is 0 Å². The SMILES string of the molecule is CC1C[C@]2(C)[C@H](CC[C@@H]3[C@@H]4[C@@H](C)[C@H](C)CC[C@]4(C)CC[C@]32C)[C@@]2(C)C(c3cc[c]cc3)CC(S)C(C)(C)[C@H]12. The van der Waals surface area contributed by atoms with Gasteiger partial charge in [0.2, 0.25) is 0 Å². The monoisotopic (exact) mass is 533 g/mol. The van der Waals surface area contributed by atoms with Crippen molar-refractivity contribution in [2.24, 2.45) is 68.5 Å². The minimum Gasteiger partial charge on any atom is -0.175 e. The van der Waals surface area contributed by atoms with E-state index in [-0.39, 0.29) is 5.41 Å². The van der Waals surface area contributed by atoms with Gasteiger partial charge in [-0.3, -0.25) is 0 Å². The van der Waals surface area contributed by atoms with Gasteiger partial charge in [-0.25, -0.2) is 0 Å². The fourth-order valence-electron chi connectivity index (χ4n) is 13.6. The Morgan fingerprint density at radius 1 is 0.816 bits per heavy atom. The molecule has 0 N–H and O–H groups in total. The highest BCUT2D eigenvalue weighted by molar-refractivity contribution is 7.81. The van der Waals surface area contributed by atoms with Crippen LogP contribution in [0.25, 0.3) is 0 Å². The third kappa shape index (κ3) is 3.41. The van der Waals surface area contributed by atoms with Gasteiger partial charge in [-0.05, 0) is 137 Å². The minimum absolute atomic E-state index is 0.256. The molecule has 0 aliphatic heterocycles. The lowest BCUT2D eigenvalue weighted by atomic mass is 9.29. The standard InChI is InChI=1S/C37H57S/c1-23-17-18-34(6)19-20-35(7)27(31(34)25(23)3)15-16-29-36(35,8)22-24(2)32-33(4,5)30(38)21-28(37(29,32)9)26-13-11-10-12-14-26/h11-14,23-25,27-32,38H,15-22H2,1-9H3/t23-,24?,25+,27-,28?,29+,30?,31+,32+,34-,35-,36-,37-/m1/s1. The minimum atomic E-state index is 0.256. The molecule has 0 amide bonds. The van der Waals surface area contributed by atoms with Crippen molar-refractivity contribution in [3.05, 3.63) is 35.9 Å². The first-order valence-electron chi connectivity index (χ1n) is 16.4. The largest absolute Gasteiger partial charge is 0.175 e. The Morgan fingerprint density at radius 3 is 2.18 bits per heavy atom. The zero-order chi connectivity index (χ0) is 27.5. The van der Waals surface area contributed by atoms with Crippen LogP contribution in [0.3, 0.4) is 0 Å². The van der Waals surface area contributed by atoms with Gasteiger partial charge in [0, 0.05) is 5.25 Å². The highest BCUT2D eigenvalue weighted by Crippen LogP contribution is 2.79. The van der Waals surface area contributed by atoms with Crippen LogP contribution in [0.1, 0.15) is 125 Å². The van der Waals surface area contributed by atoms with Gasteiger partial charge in [-0.15, -0.1) is 0 Å². The Kier molecular flexibility index (Phi) is 6.41. The molecule has 5 saturated carbocycles. The summed E-state index contributed by atoms with van der Waals surface area (Å²) >= 11 is 5.35. The smallest absolute Gasteiger partial charge is 0.00769 e. The van der Waals surface area contributed by atoms with E-state index in [0.717, 1.165) is 35.5 Å². The first kappa shape index (κ1) is 27.7. The molecule has 5 aliphatic carbocycles. The van der Waals surface area contributed by atoms with Crippen LogP contribution in [-0.2, 0) is 0 Å². The highest BCUT2D eigenvalue weighted by Gasteiger charge is 2.72. The van der Waals surface area contributed by atoms with Crippen molar-refractivity contribution >= 4 is 12.6 Å². The Balaban J connectivity index is 1.48. The maximum Gasteiger partial charge on any atom is 0.00769 e. The molecular formula is C37H57S. The average Bonchev–Trinajstić information content (AvgIpc) is 2.85. The van der Waals surface area contributed by atoms with Crippen LogP contribution >= 0.6 is 12.6 Å². The van der Waals surface area contributed by atoms with Gasteiger partial charge in [-0.2, -0.15) is 12.6 Å². The van der Waals surface area contributed by atoms with E-state index in [9.17, 15) is 0 Å². The maximum absolute atomic E-state index is 5.35. The van der Waals surface area contributed by atoms with E-state index in [4.69, 9.17) is 12.6 Å². The molecule has 0 bridgehead atoms. The first-order valence-corrected chi connectivity index (χ1v) is 16.9. The molecule has 5 aliphatic rings. The van der Waals surface area contributed by atoms with Crippen molar-refractivity contribution in [3.8, 4) is 0 Å². The number of fused-ring (bicyclic) bond motifs is 7. The lowest BCUT2D eigenvalue weighted by Gasteiger charge is -2.76. The topological polar surface area (TPSA) is 0 Å². The summed E-state index contributed by atoms with van der Waals surface area (Å²) in [5.74, 6) is 6.38. The molecule has 1 aromatic carbocycles. The lowest BCUT2D eigenvalue weighted by Crippen LogP contribution is -2.69. The fourth-order valence-corrected chi connectivity index (χ4v) is 14.0. The molecule has 0 nitrogen and oxygen atoms in total. The molecule has 0 aromatic heterocycles. The van der Waals surface area contributed by atoms with E-state index in [2.05, 4.69) is 92.6 Å². The van der Waals surface area contributed by atoms with Crippen LogP contribution < -0.4 is 0 Å². The highest BCUT2D eigenvalue weighted by atomic mass is 32.1. The molecule has 0 saturated heterocycles. The second-order valence-electron chi connectivity index (χ2n) is 17.1. The van der Waals surface area contributed by atoms with Gasteiger partial charge in [0.15, 0.2) is 0 Å². The van der Waals surface area contributed by atoms with Crippen LogP contribution in [0, 0.1) is 74.6 Å². The second-order valence-corrected chi connectivity index (χ2v) is 17.7. The van der Waals surface area contributed by atoms with E-state index in [1.54, 1.807) is 5.56 Å². The van der Waals surface area contributed by atoms with Gasteiger partial charge in [0.05, 0.1) is 0 Å². The molecule has 5 fully saturated rings. The third-order valence-corrected chi connectivity index (χ3v) is 16.4. The predicted octanol–water partition coefficient (Wildman–Crippen LogP) is 10.5. The van der Waals surface area contributed by atoms with Crippen LogP contribution in [0.4, 0.5) is 0 Å². The Hall–Kier alpha value is -0.430. The summed E-state index contributed by atoms with van der Waals surface area (Å²) in [5, 5.41) is 0.452. The molecule has 211 valence electrons. The predicted molar refractivity (Wildman–Crippen MR) is 165 cm³/mol. The lowest BCUT2D eigenvalue weighted by molar-refractivity contribution is -0.263. The summed E-state index contributed by atoms with van der Waals surface area (Å²) < 4.78 is 0. The number of hydrogen-bond acceptors (Lipinski definition) is 1. The van der Waals surface area contributed by atoms with Crippen molar-refractivity contribution < 1.29 is 0 Å². The summed E-state index contributed by atoms with van der Waals surface area (Å²) in [6.45, 7) is 24.1. The summed E-state index contributed by atoms with van der Waals surface area (Å²) in [5.41, 5.74) is 3.54. The van der Waals surface area contributed by atoms with Crippen LogP contribution in [0.2, 0.25) is 0 Å². The van der Waals surface area contributed by atoms with E-state index >= 15 is 0 Å². The molecule has 1 heteroatoms. The number of thiol groups is 1. The average molecular weight is 534 g/mol. The molecular weight excluding hydrogens is 476 g/mol. The summed E-state index contributed by atoms with van der Waals surface area (Å²) in [6, 6.07) is 12.4. The fraction of sp³-hybridized carbons (Fsp3) is 0.838. The maximum atomic E-state index is 5.35. The molecule has 1 aromatic rings. The normalized spacial score (nSPS) is 55.7. The molecule has 6 rings (SSSR count). The van der Waals surface area contributed by atoms with Gasteiger partial charge in [0.25, 0.3) is 0 Å². The number of hydrogen-bond donors (Lipinski definition) is 1. The Morgan fingerprint density at radius 2 is 1.50 bits per heavy atom. The zero-order valence-electron chi connectivity index (χ0n) is 26.1. The first-order chi connectivity index (χ1) is 17.7. The van der Waals surface area contributed by atoms with Crippen molar-refractivity contribution in [3.63, 3.8) is 0 Å². The quantitative estimate of drug-likeness (QED) is 0.341. The summed E-state index contributed by atoms with van der Waals surface area (Å²) in [7, 11) is 0. The Bertz CT molecular complexity index is 1040. The van der Waals surface area contributed by atoms with Crippen molar-refractivity contribution in [1.29, 1.82) is 0 Å². The molecule has 3 unspecified atom stereocenters. The zero-order valence-corrected chi connectivity index (χ0v) is 27.0. The number of rotatable bonds is 1. The van der Waals surface area contributed by atoms with Gasteiger partial charge >= 0.3 is 0 Å². The van der Waals surface area contributed by atoms with E-state index in [1.807, 2.05) is 0 Å². The van der Waals surface area contributed by atoms with E-state index < -0.39 is 0 Å². The molecule has 1 radical (unpaired) electrons. The number of benzene rings is 1. The summed E-state index contributed by atoms with van der Waals surface area (Å²) in [4.78, 5) is 0. The van der Waals surface area contributed by atoms with Crippen LogP contribution in [0.15, 0.2) is 24.3 Å². The van der Waals surface area contributed by atoms with Gasteiger partial charge in [0.1, 0.15) is 0 Å². The van der Waals surface area contributed by atoms with Crippen LogP contribution in [-0.4, -0.2) is 5.25 Å². The van der Waals surface area contributed by atoms with Crippen molar-refractivity contribution in [2.75, 3.05) is 0 Å². The summed E-state index contributed by atoms with van der Waals surface area (Å²) in [6.07, 6.45) is 11.4. The van der Waals surface area contributed by atoms with Gasteiger partial charge in [-0.1, -0.05) is 86.6 Å². The molecule has 0 heterocycles. The Labute approximate surface area is 241 Å². The molecule has 13 atom stereocenters. The third-order valence-electron chi connectivity index (χ3n) is 15.5. The van der Waals surface area contributed by atoms with Crippen LogP contribution in [0.5, 0.6) is 0 Å². The van der Waals surface area contributed by atoms with E-state index in [1.165, 1.54) is 51.4 Å². The molecule has 0 spiro atoms. The van der Waals surface area contributed by atoms with E-state index in [0.29, 0.717) is 38.7 Å². The van der Waals surface area contributed by atoms with Gasteiger partial charge < -0.3 is 0 Å².